The highest BCUT2D eigenvalue weighted by Gasteiger charge is 2.09. The molecular formula is C10H11N5O2. The first-order valence-electron chi connectivity index (χ1n) is 5.05. The number of non-ortho nitro benzene ring substituents is 1. The standard InChI is InChI=1S/C10H11N5O2/c11-3-4-12-10-8-5-7(15(16)17)1-2-9(8)13-6-14-10/h1-2,5-6H,3-4,11H2,(H,12,13,14). The number of rotatable bonds is 4. The van der Waals surface area contributed by atoms with E-state index in [-0.39, 0.29) is 5.69 Å². The Kier molecular flexibility index (Phi) is 3.10. The zero-order valence-electron chi connectivity index (χ0n) is 8.96. The van der Waals surface area contributed by atoms with Crippen LogP contribution in [0.4, 0.5) is 11.5 Å². The van der Waals surface area contributed by atoms with Crippen molar-refractivity contribution in [1.82, 2.24) is 9.97 Å². The van der Waals surface area contributed by atoms with E-state index in [0.29, 0.717) is 29.8 Å². The molecule has 0 aliphatic carbocycles. The lowest BCUT2D eigenvalue weighted by Crippen LogP contribution is -2.14. The molecule has 1 aromatic carbocycles. The maximum Gasteiger partial charge on any atom is 0.270 e. The molecule has 0 amide bonds. The van der Waals surface area contributed by atoms with E-state index in [2.05, 4.69) is 15.3 Å². The SMILES string of the molecule is NCCNc1ncnc2ccc([N+](=O)[O-])cc12. The number of nitro benzene ring substituents is 1. The smallest absolute Gasteiger partial charge is 0.270 e. The van der Waals surface area contributed by atoms with Gasteiger partial charge < -0.3 is 11.1 Å². The summed E-state index contributed by atoms with van der Waals surface area (Å²) < 4.78 is 0. The second-order valence-corrected chi connectivity index (χ2v) is 3.40. The summed E-state index contributed by atoms with van der Waals surface area (Å²) in [6.45, 7) is 1.01. The molecule has 2 aromatic rings. The zero-order chi connectivity index (χ0) is 12.3. The van der Waals surface area contributed by atoms with E-state index in [9.17, 15) is 10.1 Å². The third-order valence-electron chi connectivity index (χ3n) is 2.27. The van der Waals surface area contributed by atoms with Crippen molar-refractivity contribution in [1.29, 1.82) is 0 Å². The van der Waals surface area contributed by atoms with Crippen molar-refractivity contribution in [3.8, 4) is 0 Å². The fraction of sp³-hybridized carbons (Fsp3) is 0.200. The van der Waals surface area contributed by atoms with Crippen LogP contribution in [0.25, 0.3) is 10.9 Å². The number of aromatic nitrogens is 2. The Morgan fingerprint density at radius 3 is 2.94 bits per heavy atom. The van der Waals surface area contributed by atoms with Crippen molar-refractivity contribution in [3.05, 3.63) is 34.6 Å². The second-order valence-electron chi connectivity index (χ2n) is 3.40. The maximum absolute atomic E-state index is 10.7. The van der Waals surface area contributed by atoms with Gasteiger partial charge >= 0.3 is 0 Å². The molecule has 0 fully saturated rings. The molecule has 3 N–H and O–H groups in total. The van der Waals surface area contributed by atoms with E-state index in [0.717, 1.165) is 0 Å². The van der Waals surface area contributed by atoms with Crippen LogP contribution in [0.5, 0.6) is 0 Å². The lowest BCUT2D eigenvalue weighted by molar-refractivity contribution is -0.384. The minimum atomic E-state index is -0.445. The number of benzene rings is 1. The average molecular weight is 233 g/mol. The van der Waals surface area contributed by atoms with Crippen LogP contribution in [0.3, 0.4) is 0 Å². The molecule has 0 bridgehead atoms. The summed E-state index contributed by atoms with van der Waals surface area (Å²) in [7, 11) is 0. The lowest BCUT2D eigenvalue weighted by Gasteiger charge is -2.06. The molecular weight excluding hydrogens is 222 g/mol. The highest BCUT2D eigenvalue weighted by molar-refractivity contribution is 5.90. The molecule has 7 heteroatoms. The molecule has 17 heavy (non-hydrogen) atoms. The van der Waals surface area contributed by atoms with Crippen LogP contribution < -0.4 is 11.1 Å². The van der Waals surface area contributed by atoms with Crippen LogP contribution in [0.2, 0.25) is 0 Å². The highest BCUT2D eigenvalue weighted by atomic mass is 16.6. The van der Waals surface area contributed by atoms with Gasteiger partial charge in [-0.3, -0.25) is 10.1 Å². The van der Waals surface area contributed by atoms with Gasteiger partial charge in [0.15, 0.2) is 0 Å². The van der Waals surface area contributed by atoms with E-state index in [1.807, 2.05) is 0 Å². The van der Waals surface area contributed by atoms with E-state index in [4.69, 9.17) is 5.73 Å². The van der Waals surface area contributed by atoms with E-state index in [1.54, 1.807) is 6.07 Å². The predicted molar refractivity (Wildman–Crippen MR) is 63.7 cm³/mol. The Morgan fingerprint density at radius 2 is 2.24 bits per heavy atom. The Labute approximate surface area is 96.8 Å². The lowest BCUT2D eigenvalue weighted by atomic mass is 10.2. The number of fused-ring (bicyclic) bond motifs is 1. The molecule has 1 heterocycles. The number of anilines is 1. The van der Waals surface area contributed by atoms with Gasteiger partial charge in [-0.1, -0.05) is 0 Å². The van der Waals surface area contributed by atoms with Gasteiger partial charge in [0.1, 0.15) is 12.1 Å². The highest BCUT2D eigenvalue weighted by Crippen LogP contribution is 2.23. The van der Waals surface area contributed by atoms with E-state index >= 15 is 0 Å². The summed E-state index contributed by atoms with van der Waals surface area (Å²) in [6, 6.07) is 4.47. The van der Waals surface area contributed by atoms with Gasteiger partial charge in [-0.15, -0.1) is 0 Å². The number of nitrogens with two attached hydrogens (primary N) is 1. The molecule has 0 spiro atoms. The Balaban J connectivity index is 2.51. The first kappa shape index (κ1) is 11.2. The van der Waals surface area contributed by atoms with Gasteiger partial charge in [0.2, 0.25) is 0 Å². The molecule has 0 saturated heterocycles. The quantitative estimate of drug-likeness (QED) is 0.600. The molecule has 2 rings (SSSR count). The predicted octanol–water partition coefficient (Wildman–Crippen LogP) is 0.909. The molecule has 1 aromatic heterocycles. The molecule has 88 valence electrons. The van der Waals surface area contributed by atoms with Crippen LogP contribution in [0, 0.1) is 10.1 Å². The minimum absolute atomic E-state index is 0.0168. The van der Waals surface area contributed by atoms with E-state index in [1.165, 1.54) is 18.5 Å². The number of hydrogen-bond acceptors (Lipinski definition) is 6. The van der Waals surface area contributed by atoms with Crippen LogP contribution in [0.1, 0.15) is 0 Å². The van der Waals surface area contributed by atoms with Crippen molar-refractivity contribution in [3.63, 3.8) is 0 Å². The molecule has 0 unspecified atom stereocenters. The molecule has 0 atom stereocenters. The number of nitrogens with one attached hydrogen (secondary N) is 1. The number of nitrogens with zero attached hydrogens (tertiary/aromatic N) is 3. The van der Waals surface area contributed by atoms with Gasteiger partial charge in [0.25, 0.3) is 5.69 Å². The van der Waals surface area contributed by atoms with Gasteiger partial charge in [-0.05, 0) is 6.07 Å². The van der Waals surface area contributed by atoms with Crippen LogP contribution in [0.15, 0.2) is 24.5 Å². The first-order chi connectivity index (χ1) is 8.22. The molecule has 0 aliphatic heterocycles. The molecule has 0 aliphatic rings. The topological polar surface area (TPSA) is 107 Å². The van der Waals surface area contributed by atoms with Crippen LogP contribution >= 0.6 is 0 Å². The maximum atomic E-state index is 10.7. The Hall–Kier alpha value is -2.28. The minimum Gasteiger partial charge on any atom is -0.368 e. The van der Waals surface area contributed by atoms with Gasteiger partial charge in [0.05, 0.1) is 10.4 Å². The molecule has 0 radical (unpaired) electrons. The largest absolute Gasteiger partial charge is 0.368 e. The summed E-state index contributed by atoms with van der Waals surface area (Å²) in [5.41, 5.74) is 6.06. The van der Waals surface area contributed by atoms with E-state index < -0.39 is 4.92 Å². The normalized spacial score (nSPS) is 10.4. The third-order valence-corrected chi connectivity index (χ3v) is 2.27. The van der Waals surface area contributed by atoms with Crippen LogP contribution in [-0.2, 0) is 0 Å². The Bertz CT molecular complexity index is 557. The van der Waals surface area contributed by atoms with Crippen molar-refractivity contribution in [2.75, 3.05) is 18.4 Å². The summed E-state index contributed by atoms with van der Waals surface area (Å²) >= 11 is 0. The number of nitro groups is 1. The molecule has 0 saturated carbocycles. The fourth-order valence-corrected chi connectivity index (χ4v) is 1.49. The summed E-state index contributed by atoms with van der Waals surface area (Å²) in [4.78, 5) is 18.3. The van der Waals surface area contributed by atoms with Crippen molar-refractivity contribution >= 4 is 22.4 Å². The molecule has 7 nitrogen and oxygen atoms in total. The van der Waals surface area contributed by atoms with Gasteiger partial charge in [-0.2, -0.15) is 0 Å². The average Bonchev–Trinajstić information content (AvgIpc) is 2.35. The first-order valence-corrected chi connectivity index (χ1v) is 5.05. The zero-order valence-corrected chi connectivity index (χ0v) is 8.96. The van der Waals surface area contributed by atoms with Crippen molar-refractivity contribution < 1.29 is 4.92 Å². The summed E-state index contributed by atoms with van der Waals surface area (Å²) in [5.74, 6) is 0.559. The van der Waals surface area contributed by atoms with Crippen LogP contribution in [-0.4, -0.2) is 28.0 Å². The van der Waals surface area contributed by atoms with Gasteiger partial charge in [0, 0.05) is 30.6 Å². The van der Waals surface area contributed by atoms with Crippen molar-refractivity contribution in [2.45, 2.75) is 0 Å². The third kappa shape index (κ3) is 2.28. The second kappa shape index (κ2) is 4.71. The van der Waals surface area contributed by atoms with Gasteiger partial charge in [-0.25, -0.2) is 9.97 Å². The summed E-state index contributed by atoms with van der Waals surface area (Å²) in [5, 5.41) is 14.3. The number of hydrogen-bond donors (Lipinski definition) is 2. The monoisotopic (exact) mass is 233 g/mol. The fourth-order valence-electron chi connectivity index (χ4n) is 1.49. The summed E-state index contributed by atoms with van der Waals surface area (Å²) in [6.07, 6.45) is 1.41. The Morgan fingerprint density at radius 1 is 1.41 bits per heavy atom. The van der Waals surface area contributed by atoms with Crippen molar-refractivity contribution in [2.24, 2.45) is 5.73 Å².